The molecule has 132 valence electrons. The van der Waals surface area contributed by atoms with Crippen molar-refractivity contribution in [3.05, 3.63) is 69.4 Å². The number of furan rings is 1. The summed E-state index contributed by atoms with van der Waals surface area (Å²) < 4.78 is 18.4. The summed E-state index contributed by atoms with van der Waals surface area (Å²) in [6.07, 6.45) is 2.28. The van der Waals surface area contributed by atoms with Crippen LogP contribution in [0.15, 0.2) is 40.8 Å². The first-order chi connectivity index (χ1) is 11.7. The summed E-state index contributed by atoms with van der Waals surface area (Å²) in [6.45, 7) is 3.10. The maximum absolute atomic E-state index is 13.1. The minimum Gasteiger partial charge on any atom is -0.463 e. The molecule has 0 saturated carbocycles. The molecular weight excluding hydrogens is 331 g/mol. The first kappa shape index (κ1) is 18.3. The topological polar surface area (TPSA) is 106 Å². The normalized spacial score (nSPS) is 13.6. The fourth-order valence-corrected chi connectivity index (χ4v) is 2.11. The van der Waals surface area contributed by atoms with Gasteiger partial charge in [0.1, 0.15) is 22.9 Å². The first-order valence-corrected chi connectivity index (χ1v) is 7.38. The fourth-order valence-electron chi connectivity index (χ4n) is 2.11. The predicted octanol–water partition coefficient (Wildman–Crippen LogP) is 2.67. The Morgan fingerprint density at radius 1 is 1.44 bits per heavy atom. The number of benzene rings is 1. The molecule has 25 heavy (non-hydrogen) atoms. The number of nitrogens with one attached hydrogen (secondary N) is 1. The highest BCUT2D eigenvalue weighted by atomic mass is 19.1. The van der Waals surface area contributed by atoms with Crippen molar-refractivity contribution >= 4 is 17.7 Å². The average Bonchev–Trinajstić information content (AvgIpc) is 2.99. The molecule has 2 rings (SSSR count). The predicted molar refractivity (Wildman–Crippen MR) is 88.1 cm³/mol. The van der Waals surface area contributed by atoms with Gasteiger partial charge in [-0.05, 0) is 44.2 Å². The van der Waals surface area contributed by atoms with Gasteiger partial charge in [-0.25, -0.2) is 4.39 Å². The van der Waals surface area contributed by atoms with E-state index in [9.17, 15) is 24.4 Å². The average molecular weight is 348 g/mol. The van der Waals surface area contributed by atoms with Crippen LogP contribution in [0.2, 0.25) is 0 Å². The molecule has 0 spiro atoms. The molecule has 0 aliphatic rings. The van der Waals surface area contributed by atoms with Gasteiger partial charge in [0, 0.05) is 6.08 Å². The van der Waals surface area contributed by atoms with E-state index in [-0.39, 0.29) is 12.1 Å². The number of nitro benzene ring substituents is 1. The molecule has 1 amide bonds. The first-order valence-electron chi connectivity index (χ1n) is 7.38. The van der Waals surface area contributed by atoms with Gasteiger partial charge in [0.15, 0.2) is 0 Å². The molecule has 0 radical (unpaired) electrons. The smallest absolute Gasteiger partial charge is 0.279 e. The van der Waals surface area contributed by atoms with Crippen LogP contribution in [-0.2, 0) is 10.4 Å². The maximum atomic E-state index is 13.1. The van der Waals surface area contributed by atoms with Crippen LogP contribution in [0.5, 0.6) is 0 Å². The van der Waals surface area contributed by atoms with Gasteiger partial charge in [-0.15, -0.1) is 0 Å². The summed E-state index contributed by atoms with van der Waals surface area (Å²) in [6, 6.07) is 6.35. The maximum Gasteiger partial charge on any atom is 0.279 e. The summed E-state index contributed by atoms with van der Waals surface area (Å²) in [5.74, 6) is -0.367. The van der Waals surface area contributed by atoms with Crippen molar-refractivity contribution < 1.29 is 23.6 Å². The van der Waals surface area contributed by atoms with E-state index in [0.29, 0.717) is 11.5 Å². The van der Waals surface area contributed by atoms with Crippen LogP contribution in [0.25, 0.3) is 6.08 Å². The molecule has 8 heteroatoms. The minimum absolute atomic E-state index is 0.0926. The Labute approximate surface area is 142 Å². The highest BCUT2D eigenvalue weighted by Crippen LogP contribution is 2.22. The van der Waals surface area contributed by atoms with E-state index in [4.69, 9.17) is 4.42 Å². The zero-order valence-electron chi connectivity index (χ0n) is 13.7. The van der Waals surface area contributed by atoms with Crippen molar-refractivity contribution in [2.45, 2.75) is 19.4 Å². The second-order valence-corrected chi connectivity index (χ2v) is 5.70. The van der Waals surface area contributed by atoms with E-state index in [1.807, 2.05) is 0 Å². The summed E-state index contributed by atoms with van der Waals surface area (Å²) in [5.41, 5.74) is -1.75. The molecule has 1 aromatic carbocycles. The van der Waals surface area contributed by atoms with Crippen LogP contribution in [0.1, 0.15) is 24.0 Å². The summed E-state index contributed by atoms with van der Waals surface area (Å²) in [4.78, 5) is 22.0. The van der Waals surface area contributed by atoms with Gasteiger partial charge >= 0.3 is 0 Å². The van der Waals surface area contributed by atoms with Crippen molar-refractivity contribution in [1.29, 1.82) is 0 Å². The van der Waals surface area contributed by atoms with Crippen molar-refractivity contribution in [2.24, 2.45) is 0 Å². The summed E-state index contributed by atoms with van der Waals surface area (Å²) in [7, 11) is 0. The van der Waals surface area contributed by atoms with E-state index < -0.39 is 27.9 Å². The Bertz CT molecular complexity index is 826. The second kappa shape index (κ2) is 7.27. The molecule has 2 aromatic rings. The van der Waals surface area contributed by atoms with Crippen molar-refractivity contribution in [2.75, 3.05) is 6.54 Å². The van der Waals surface area contributed by atoms with Gasteiger partial charge < -0.3 is 14.8 Å². The van der Waals surface area contributed by atoms with Crippen LogP contribution in [0, 0.1) is 22.9 Å². The Kier molecular flexibility index (Phi) is 5.33. The lowest BCUT2D eigenvalue weighted by Crippen LogP contribution is -2.37. The minimum atomic E-state index is -1.40. The SMILES string of the molecule is Cc1ccc(C(C)(O)CNC(=O)C=Cc2ccc(F)cc2[N+](=O)[O-])o1. The van der Waals surface area contributed by atoms with E-state index in [0.717, 1.165) is 18.2 Å². The molecule has 0 fully saturated rings. The molecule has 2 N–H and O–H groups in total. The number of aryl methyl sites for hydroxylation is 1. The van der Waals surface area contributed by atoms with E-state index >= 15 is 0 Å². The number of rotatable bonds is 6. The Morgan fingerprint density at radius 2 is 2.16 bits per heavy atom. The van der Waals surface area contributed by atoms with Gasteiger partial charge in [-0.3, -0.25) is 14.9 Å². The standard InChI is InChI=1S/C17H17FN2O5/c1-11-3-7-15(25-11)17(2,22)10-19-16(21)8-5-12-4-6-13(18)9-14(12)20(23)24/h3-9,22H,10H2,1-2H3,(H,19,21). The van der Waals surface area contributed by atoms with Gasteiger partial charge in [0.05, 0.1) is 23.1 Å². The van der Waals surface area contributed by atoms with E-state index in [1.54, 1.807) is 19.1 Å². The van der Waals surface area contributed by atoms with E-state index in [1.165, 1.54) is 19.1 Å². The third-order valence-corrected chi connectivity index (χ3v) is 3.48. The van der Waals surface area contributed by atoms with Crippen LogP contribution in [0.3, 0.4) is 0 Å². The van der Waals surface area contributed by atoms with Gasteiger partial charge in [0.2, 0.25) is 5.91 Å². The highest BCUT2D eigenvalue weighted by molar-refractivity contribution is 5.92. The zero-order chi connectivity index (χ0) is 18.6. The van der Waals surface area contributed by atoms with E-state index in [2.05, 4.69) is 5.32 Å². The number of nitro groups is 1. The molecule has 0 saturated heterocycles. The van der Waals surface area contributed by atoms with Gasteiger partial charge in [-0.1, -0.05) is 0 Å². The lowest BCUT2D eigenvalue weighted by Gasteiger charge is -2.20. The van der Waals surface area contributed by atoms with Crippen LogP contribution in [0.4, 0.5) is 10.1 Å². The summed E-state index contributed by atoms with van der Waals surface area (Å²) in [5, 5.41) is 23.7. The molecule has 0 aliphatic heterocycles. The fraction of sp³-hybridized carbons (Fsp3) is 0.235. The van der Waals surface area contributed by atoms with Crippen LogP contribution >= 0.6 is 0 Å². The number of aliphatic hydroxyl groups is 1. The number of hydrogen-bond donors (Lipinski definition) is 2. The molecular formula is C17H17FN2O5. The molecule has 0 bridgehead atoms. The number of carbonyl (C=O) groups is 1. The molecule has 1 unspecified atom stereocenters. The number of hydrogen-bond acceptors (Lipinski definition) is 5. The number of carbonyl (C=O) groups excluding carboxylic acids is 1. The Hall–Kier alpha value is -3.00. The Balaban J connectivity index is 2.03. The van der Waals surface area contributed by atoms with Crippen molar-refractivity contribution in [3.63, 3.8) is 0 Å². The third-order valence-electron chi connectivity index (χ3n) is 3.48. The van der Waals surface area contributed by atoms with Gasteiger partial charge in [-0.2, -0.15) is 0 Å². The molecule has 0 aliphatic carbocycles. The number of amides is 1. The van der Waals surface area contributed by atoms with Crippen molar-refractivity contribution in [3.8, 4) is 0 Å². The summed E-state index contributed by atoms with van der Waals surface area (Å²) >= 11 is 0. The second-order valence-electron chi connectivity index (χ2n) is 5.70. The molecule has 1 heterocycles. The Morgan fingerprint density at radius 3 is 2.76 bits per heavy atom. The molecule has 7 nitrogen and oxygen atoms in total. The van der Waals surface area contributed by atoms with Crippen LogP contribution < -0.4 is 5.32 Å². The lowest BCUT2D eigenvalue weighted by atomic mass is 10.0. The zero-order valence-corrected chi connectivity index (χ0v) is 13.7. The van der Waals surface area contributed by atoms with Crippen LogP contribution in [-0.4, -0.2) is 22.5 Å². The number of nitrogens with zero attached hydrogens (tertiary/aromatic N) is 1. The highest BCUT2D eigenvalue weighted by Gasteiger charge is 2.27. The molecule has 1 aromatic heterocycles. The largest absolute Gasteiger partial charge is 0.463 e. The van der Waals surface area contributed by atoms with Crippen molar-refractivity contribution in [1.82, 2.24) is 5.32 Å². The monoisotopic (exact) mass is 348 g/mol. The van der Waals surface area contributed by atoms with Gasteiger partial charge in [0.25, 0.3) is 5.69 Å². The number of halogens is 1. The quantitative estimate of drug-likeness (QED) is 0.474. The lowest BCUT2D eigenvalue weighted by molar-refractivity contribution is -0.385. The third kappa shape index (κ3) is 4.74. The molecule has 1 atom stereocenters.